The third-order valence-electron chi connectivity index (χ3n) is 2.56. The molecule has 2 heteroatoms. The number of para-hydroxylation sites is 1. The molecular weight excluding hydrogens is 172 g/mol. The van der Waals surface area contributed by atoms with Crippen LogP contribution < -0.4 is 0 Å². The summed E-state index contributed by atoms with van der Waals surface area (Å²) in [6, 6.07) is 10.4. The van der Waals surface area contributed by atoms with Crippen LogP contribution in [0.2, 0.25) is 0 Å². The maximum Gasteiger partial charge on any atom is 0.0625 e. The Kier molecular flexibility index (Phi) is 2.24. The minimum atomic E-state index is 0.577. The topological polar surface area (TPSA) is 39.6 Å². The zero-order valence-electron chi connectivity index (χ0n) is 8.17. The quantitative estimate of drug-likeness (QED) is 0.765. The highest BCUT2D eigenvalue weighted by Crippen LogP contribution is 2.21. The molecule has 2 aromatic rings. The smallest absolute Gasteiger partial charge is 0.0625 e. The molecule has 0 saturated heterocycles. The van der Waals surface area contributed by atoms with E-state index in [2.05, 4.69) is 30.1 Å². The van der Waals surface area contributed by atoms with E-state index >= 15 is 0 Å². The summed E-state index contributed by atoms with van der Waals surface area (Å²) < 4.78 is 0. The summed E-state index contributed by atoms with van der Waals surface area (Å²) in [7, 11) is 0. The zero-order chi connectivity index (χ0) is 9.97. The molecule has 1 heterocycles. The van der Waals surface area contributed by atoms with Crippen molar-refractivity contribution >= 4 is 10.9 Å². The summed E-state index contributed by atoms with van der Waals surface area (Å²) in [6.07, 6.45) is 1.39. The van der Waals surface area contributed by atoms with Crippen LogP contribution in [0.4, 0.5) is 0 Å². The van der Waals surface area contributed by atoms with Crippen LogP contribution in [0.25, 0.3) is 10.9 Å². The molecule has 1 aromatic heterocycles. The second kappa shape index (κ2) is 3.55. The molecule has 2 rings (SSSR count). The van der Waals surface area contributed by atoms with Gasteiger partial charge in [-0.1, -0.05) is 18.2 Å². The minimum Gasteiger partial charge on any atom is -0.358 e. The number of nitrogens with one attached hydrogen (secondary N) is 1. The molecule has 0 aliphatic rings. The number of H-pyrrole nitrogens is 1. The van der Waals surface area contributed by atoms with E-state index in [9.17, 15) is 0 Å². The van der Waals surface area contributed by atoms with Crippen molar-refractivity contribution in [3.05, 3.63) is 35.5 Å². The van der Waals surface area contributed by atoms with E-state index in [4.69, 9.17) is 5.26 Å². The molecule has 0 saturated carbocycles. The average Bonchev–Trinajstić information content (AvgIpc) is 2.54. The number of benzene rings is 1. The lowest BCUT2D eigenvalue weighted by atomic mass is 10.1. The first-order valence-corrected chi connectivity index (χ1v) is 4.76. The highest BCUT2D eigenvalue weighted by atomic mass is 14.7. The Morgan fingerprint density at radius 2 is 2.14 bits per heavy atom. The molecule has 0 spiro atoms. The summed E-state index contributed by atoms with van der Waals surface area (Å²) in [5.41, 5.74) is 3.63. The van der Waals surface area contributed by atoms with E-state index in [1.54, 1.807) is 0 Å². The standard InChI is InChI=1S/C12H12N2/c1-9-10-5-2-3-6-12(10)14-11(9)7-4-8-13/h2-3,5-6,14H,4,7H2,1H3. The number of hydrogen-bond donors (Lipinski definition) is 1. The van der Waals surface area contributed by atoms with Crippen LogP contribution in [0.5, 0.6) is 0 Å². The number of fused-ring (bicyclic) bond motifs is 1. The predicted molar refractivity (Wildman–Crippen MR) is 57.0 cm³/mol. The first-order valence-electron chi connectivity index (χ1n) is 4.76. The fourth-order valence-electron chi connectivity index (χ4n) is 1.77. The Hall–Kier alpha value is -1.75. The van der Waals surface area contributed by atoms with Crippen molar-refractivity contribution < 1.29 is 0 Å². The number of hydrogen-bond acceptors (Lipinski definition) is 1. The predicted octanol–water partition coefficient (Wildman–Crippen LogP) is 2.93. The van der Waals surface area contributed by atoms with Gasteiger partial charge in [-0.05, 0) is 18.6 Å². The van der Waals surface area contributed by atoms with E-state index in [1.807, 2.05) is 12.1 Å². The molecule has 0 unspecified atom stereocenters. The van der Waals surface area contributed by atoms with Crippen molar-refractivity contribution in [3.63, 3.8) is 0 Å². The molecule has 0 aliphatic heterocycles. The lowest BCUT2D eigenvalue weighted by Crippen LogP contribution is -1.85. The van der Waals surface area contributed by atoms with Crippen LogP contribution in [0.3, 0.4) is 0 Å². The van der Waals surface area contributed by atoms with E-state index in [-0.39, 0.29) is 0 Å². The van der Waals surface area contributed by atoms with E-state index in [0.29, 0.717) is 6.42 Å². The van der Waals surface area contributed by atoms with Crippen molar-refractivity contribution in [2.24, 2.45) is 0 Å². The van der Waals surface area contributed by atoms with E-state index in [1.165, 1.54) is 16.6 Å². The van der Waals surface area contributed by atoms with Crippen molar-refractivity contribution in [2.45, 2.75) is 19.8 Å². The second-order valence-corrected chi connectivity index (χ2v) is 3.43. The maximum atomic E-state index is 8.53. The van der Waals surface area contributed by atoms with E-state index in [0.717, 1.165) is 11.9 Å². The molecule has 1 N–H and O–H groups in total. The largest absolute Gasteiger partial charge is 0.358 e. The molecule has 0 fully saturated rings. The van der Waals surface area contributed by atoms with Crippen LogP contribution in [-0.2, 0) is 6.42 Å². The van der Waals surface area contributed by atoms with Gasteiger partial charge in [-0.15, -0.1) is 0 Å². The van der Waals surface area contributed by atoms with Gasteiger partial charge >= 0.3 is 0 Å². The third-order valence-corrected chi connectivity index (χ3v) is 2.56. The van der Waals surface area contributed by atoms with Crippen LogP contribution in [0.1, 0.15) is 17.7 Å². The third kappa shape index (κ3) is 1.38. The van der Waals surface area contributed by atoms with Gasteiger partial charge in [0.05, 0.1) is 6.07 Å². The van der Waals surface area contributed by atoms with Crippen LogP contribution in [-0.4, -0.2) is 4.98 Å². The van der Waals surface area contributed by atoms with Gasteiger partial charge in [0.2, 0.25) is 0 Å². The molecule has 14 heavy (non-hydrogen) atoms. The Labute approximate surface area is 83.2 Å². The number of aromatic nitrogens is 1. The lowest BCUT2D eigenvalue weighted by molar-refractivity contribution is 0.961. The number of nitrogens with zero attached hydrogens (tertiary/aromatic N) is 1. The average molecular weight is 184 g/mol. The van der Waals surface area contributed by atoms with Crippen LogP contribution in [0, 0.1) is 18.3 Å². The molecule has 0 radical (unpaired) electrons. The van der Waals surface area contributed by atoms with Crippen molar-refractivity contribution in [1.29, 1.82) is 5.26 Å². The monoisotopic (exact) mass is 184 g/mol. The molecule has 0 bridgehead atoms. The molecule has 0 atom stereocenters. The van der Waals surface area contributed by atoms with Crippen LogP contribution in [0.15, 0.2) is 24.3 Å². The molecular formula is C12H12N2. The highest BCUT2D eigenvalue weighted by molar-refractivity contribution is 5.84. The molecule has 0 amide bonds. The Bertz CT molecular complexity index is 488. The van der Waals surface area contributed by atoms with Crippen molar-refractivity contribution in [1.82, 2.24) is 4.98 Å². The fourth-order valence-corrected chi connectivity index (χ4v) is 1.77. The van der Waals surface area contributed by atoms with Gasteiger partial charge < -0.3 is 4.98 Å². The van der Waals surface area contributed by atoms with Crippen molar-refractivity contribution in [3.8, 4) is 6.07 Å². The van der Waals surface area contributed by atoms with Gasteiger partial charge in [-0.3, -0.25) is 0 Å². The van der Waals surface area contributed by atoms with Crippen LogP contribution >= 0.6 is 0 Å². The van der Waals surface area contributed by atoms with Gasteiger partial charge in [-0.2, -0.15) is 5.26 Å². The van der Waals surface area contributed by atoms with Gasteiger partial charge in [-0.25, -0.2) is 0 Å². The lowest BCUT2D eigenvalue weighted by Gasteiger charge is -1.93. The van der Waals surface area contributed by atoms with Crippen molar-refractivity contribution in [2.75, 3.05) is 0 Å². The zero-order valence-corrected chi connectivity index (χ0v) is 8.17. The number of rotatable bonds is 2. The maximum absolute atomic E-state index is 8.53. The fraction of sp³-hybridized carbons (Fsp3) is 0.250. The SMILES string of the molecule is Cc1c(CCC#N)[nH]c2ccccc12. The molecule has 0 aliphatic carbocycles. The number of nitriles is 1. The van der Waals surface area contributed by atoms with Gasteiger partial charge in [0.25, 0.3) is 0 Å². The summed E-state index contributed by atoms with van der Waals surface area (Å²) in [4.78, 5) is 3.35. The molecule has 1 aromatic carbocycles. The molecule has 2 nitrogen and oxygen atoms in total. The van der Waals surface area contributed by atoms with Gasteiger partial charge in [0, 0.05) is 29.4 Å². The van der Waals surface area contributed by atoms with Gasteiger partial charge in [0.1, 0.15) is 0 Å². The number of aryl methyl sites for hydroxylation is 2. The first kappa shape index (κ1) is 8.83. The van der Waals surface area contributed by atoms with Gasteiger partial charge in [0.15, 0.2) is 0 Å². The summed E-state index contributed by atoms with van der Waals surface area (Å²) >= 11 is 0. The number of aromatic amines is 1. The summed E-state index contributed by atoms with van der Waals surface area (Å²) in [5, 5.41) is 9.79. The first-order chi connectivity index (χ1) is 6.83. The Morgan fingerprint density at radius 1 is 1.36 bits per heavy atom. The van der Waals surface area contributed by atoms with E-state index < -0.39 is 0 Å². The Balaban J connectivity index is 2.47. The highest BCUT2D eigenvalue weighted by Gasteiger charge is 2.05. The second-order valence-electron chi connectivity index (χ2n) is 3.43. The normalized spacial score (nSPS) is 10.3. The summed E-state index contributed by atoms with van der Waals surface area (Å²) in [5.74, 6) is 0. The molecule has 70 valence electrons. The minimum absolute atomic E-state index is 0.577. The Morgan fingerprint density at radius 3 is 2.86 bits per heavy atom. The summed E-state index contributed by atoms with van der Waals surface area (Å²) in [6.45, 7) is 2.10.